The number of piperidine rings is 1. The number of carbonyl (C=O) groups is 1. The highest BCUT2D eigenvalue weighted by Crippen LogP contribution is 2.50. The number of rotatable bonds is 5. The number of anilines is 1. The van der Waals surface area contributed by atoms with Crippen LogP contribution in [0.15, 0.2) is 29.1 Å². The molecule has 1 aliphatic heterocycles. The molecule has 1 fully saturated rings. The van der Waals surface area contributed by atoms with Crippen molar-refractivity contribution in [3.05, 3.63) is 45.6 Å². The van der Waals surface area contributed by atoms with Crippen molar-refractivity contribution in [1.29, 1.82) is 0 Å². The smallest absolute Gasteiger partial charge is 0.217 e. The van der Waals surface area contributed by atoms with Crippen molar-refractivity contribution < 1.29 is 19.0 Å². The zero-order valence-corrected chi connectivity index (χ0v) is 20.7. The van der Waals surface area contributed by atoms with Gasteiger partial charge in [0.25, 0.3) is 0 Å². The maximum atomic E-state index is 13.5. The summed E-state index contributed by atoms with van der Waals surface area (Å²) in [7, 11) is 4.79. The molecule has 1 aliphatic carbocycles. The Hall–Kier alpha value is -3.22. The molecule has 182 valence electrons. The molecule has 1 heterocycles. The van der Waals surface area contributed by atoms with E-state index in [9.17, 15) is 9.59 Å². The van der Waals surface area contributed by atoms with Gasteiger partial charge in [-0.15, -0.1) is 0 Å². The lowest BCUT2D eigenvalue weighted by Crippen LogP contribution is -2.36. The highest BCUT2D eigenvalue weighted by molar-refractivity contribution is 5.83. The second-order valence-corrected chi connectivity index (χ2v) is 9.26. The number of amides is 1. The van der Waals surface area contributed by atoms with Crippen molar-refractivity contribution in [2.45, 2.75) is 45.6 Å². The molecular formula is C27H34N2O5. The van der Waals surface area contributed by atoms with Gasteiger partial charge in [0.2, 0.25) is 17.1 Å². The van der Waals surface area contributed by atoms with Crippen LogP contribution in [0.25, 0.3) is 11.1 Å². The Morgan fingerprint density at radius 1 is 1.06 bits per heavy atom. The Kier molecular flexibility index (Phi) is 7.00. The van der Waals surface area contributed by atoms with E-state index in [1.54, 1.807) is 27.4 Å². The molecule has 2 aliphatic rings. The van der Waals surface area contributed by atoms with Gasteiger partial charge in [0, 0.05) is 25.6 Å². The van der Waals surface area contributed by atoms with Gasteiger partial charge in [-0.1, -0.05) is 13.0 Å². The zero-order chi connectivity index (χ0) is 24.4. The SMILES string of the molecule is COc1cc2c(c(OC)c1OC)-c1ccc(N3CCCC(C)C3)c(=O)cc1[C@@H](NC(C)=O)CC2. The van der Waals surface area contributed by atoms with Gasteiger partial charge < -0.3 is 24.4 Å². The van der Waals surface area contributed by atoms with Crippen LogP contribution in [0.1, 0.15) is 50.3 Å². The number of hydrogen-bond donors (Lipinski definition) is 1. The van der Waals surface area contributed by atoms with E-state index in [1.807, 2.05) is 18.2 Å². The van der Waals surface area contributed by atoms with Crippen molar-refractivity contribution in [1.82, 2.24) is 5.32 Å². The summed E-state index contributed by atoms with van der Waals surface area (Å²) in [5.41, 5.74) is 4.21. The van der Waals surface area contributed by atoms with E-state index < -0.39 is 0 Å². The summed E-state index contributed by atoms with van der Waals surface area (Å²) < 4.78 is 17.1. The van der Waals surface area contributed by atoms with Crippen molar-refractivity contribution in [2.75, 3.05) is 39.3 Å². The summed E-state index contributed by atoms with van der Waals surface area (Å²) in [6.45, 7) is 5.46. The minimum atomic E-state index is -0.296. The third-order valence-electron chi connectivity index (χ3n) is 6.89. The molecular weight excluding hydrogens is 432 g/mol. The summed E-state index contributed by atoms with van der Waals surface area (Å²) in [5, 5.41) is 3.06. The quantitative estimate of drug-likeness (QED) is 0.715. The summed E-state index contributed by atoms with van der Waals surface area (Å²) in [6.07, 6.45) is 3.58. The van der Waals surface area contributed by atoms with Crippen molar-refractivity contribution in [2.24, 2.45) is 5.92 Å². The van der Waals surface area contributed by atoms with Crippen LogP contribution < -0.4 is 29.9 Å². The van der Waals surface area contributed by atoms with Gasteiger partial charge in [-0.3, -0.25) is 9.59 Å². The van der Waals surface area contributed by atoms with Gasteiger partial charge >= 0.3 is 0 Å². The topological polar surface area (TPSA) is 77.1 Å². The van der Waals surface area contributed by atoms with E-state index in [-0.39, 0.29) is 17.4 Å². The molecule has 2 aromatic carbocycles. The molecule has 34 heavy (non-hydrogen) atoms. The summed E-state index contributed by atoms with van der Waals surface area (Å²) in [5.74, 6) is 2.07. The number of nitrogens with zero attached hydrogens (tertiary/aromatic N) is 1. The molecule has 7 nitrogen and oxygen atoms in total. The lowest BCUT2D eigenvalue weighted by molar-refractivity contribution is -0.119. The molecule has 0 saturated carbocycles. The van der Waals surface area contributed by atoms with Gasteiger partial charge in [0.1, 0.15) is 0 Å². The normalized spacial score (nSPS) is 19.4. The standard InChI is InChI=1S/C27H34N2O5/c1-16-7-6-12-29(15-16)22-11-9-19-20(14-23(22)31)21(28-17(2)30)10-8-18-13-24(32-3)26(33-4)27(34-5)25(18)19/h9,11,13-14,16,21H,6-8,10,12,15H2,1-5H3,(H,28,30)/t16?,21-/m0/s1. The summed E-state index contributed by atoms with van der Waals surface area (Å²) >= 11 is 0. The minimum absolute atomic E-state index is 0.0337. The van der Waals surface area contributed by atoms with Crippen LogP contribution >= 0.6 is 0 Å². The number of aryl methyl sites for hydroxylation is 1. The number of benzene rings is 1. The molecule has 7 heteroatoms. The van der Waals surface area contributed by atoms with Crippen LogP contribution in [0.2, 0.25) is 0 Å². The van der Waals surface area contributed by atoms with Crippen LogP contribution in [0.4, 0.5) is 5.69 Å². The van der Waals surface area contributed by atoms with Crippen molar-refractivity contribution in [3.8, 4) is 28.4 Å². The average molecular weight is 467 g/mol. The molecule has 0 radical (unpaired) electrons. The molecule has 1 unspecified atom stereocenters. The first-order chi connectivity index (χ1) is 16.4. The van der Waals surface area contributed by atoms with E-state index in [0.717, 1.165) is 41.8 Å². The third-order valence-corrected chi connectivity index (χ3v) is 6.89. The molecule has 0 aromatic heterocycles. The Bertz CT molecular complexity index is 1150. The molecule has 0 spiro atoms. The van der Waals surface area contributed by atoms with Crippen LogP contribution in [0.3, 0.4) is 0 Å². The first-order valence-electron chi connectivity index (χ1n) is 11.9. The summed E-state index contributed by atoms with van der Waals surface area (Å²) in [4.78, 5) is 27.8. The minimum Gasteiger partial charge on any atom is -0.493 e. The Morgan fingerprint density at radius 2 is 1.82 bits per heavy atom. The number of ether oxygens (including phenoxy) is 3. The van der Waals surface area contributed by atoms with Crippen LogP contribution in [0.5, 0.6) is 17.2 Å². The highest BCUT2D eigenvalue weighted by atomic mass is 16.5. The first-order valence-corrected chi connectivity index (χ1v) is 11.9. The molecule has 0 bridgehead atoms. The Balaban J connectivity index is 1.99. The van der Waals surface area contributed by atoms with Crippen LogP contribution in [0, 0.1) is 5.92 Å². The lowest BCUT2D eigenvalue weighted by Gasteiger charge is -2.31. The maximum absolute atomic E-state index is 13.5. The van der Waals surface area contributed by atoms with Gasteiger partial charge in [0.15, 0.2) is 11.5 Å². The Morgan fingerprint density at radius 3 is 2.47 bits per heavy atom. The monoisotopic (exact) mass is 466 g/mol. The van der Waals surface area contributed by atoms with E-state index in [2.05, 4.69) is 17.1 Å². The number of methoxy groups -OCH3 is 3. The molecule has 1 N–H and O–H groups in total. The van der Waals surface area contributed by atoms with Crippen molar-refractivity contribution >= 4 is 11.6 Å². The second-order valence-electron chi connectivity index (χ2n) is 9.26. The summed E-state index contributed by atoms with van der Waals surface area (Å²) in [6, 6.07) is 7.30. The van der Waals surface area contributed by atoms with Gasteiger partial charge in [0.05, 0.1) is 33.1 Å². The van der Waals surface area contributed by atoms with Crippen LogP contribution in [-0.2, 0) is 11.2 Å². The fourth-order valence-electron chi connectivity index (χ4n) is 5.37. The largest absolute Gasteiger partial charge is 0.493 e. The second kappa shape index (κ2) is 9.95. The van der Waals surface area contributed by atoms with Gasteiger partial charge in [-0.2, -0.15) is 0 Å². The first kappa shape index (κ1) is 23.9. The lowest BCUT2D eigenvalue weighted by atomic mass is 9.95. The zero-order valence-electron chi connectivity index (χ0n) is 20.7. The van der Waals surface area contributed by atoms with Gasteiger partial charge in [-0.05, 0) is 66.5 Å². The van der Waals surface area contributed by atoms with Crippen molar-refractivity contribution in [3.63, 3.8) is 0 Å². The highest BCUT2D eigenvalue weighted by Gasteiger charge is 2.30. The predicted octanol–water partition coefficient (Wildman–Crippen LogP) is 4.10. The number of fused-ring (bicyclic) bond motifs is 3. The molecule has 1 amide bonds. The van der Waals surface area contributed by atoms with E-state index in [1.165, 1.54) is 13.3 Å². The van der Waals surface area contributed by atoms with E-state index in [0.29, 0.717) is 41.7 Å². The Labute approximate surface area is 201 Å². The maximum Gasteiger partial charge on any atom is 0.217 e. The number of nitrogens with one attached hydrogen (secondary N) is 1. The number of hydrogen-bond acceptors (Lipinski definition) is 6. The molecule has 2 atom stereocenters. The molecule has 1 saturated heterocycles. The van der Waals surface area contributed by atoms with E-state index >= 15 is 0 Å². The predicted molar refractivity (Wildman–Crippen MR) is 133 cm³/mol. The number of carbonyl (C=O) groups excluding carboxylic acids is 1. The van der Waals surface area contributed by atoms with Crippen LogP contribution in [-0.4, -0.2) is 40.3 Å². The van der Waals surface area contributed by atoms with Gasteiger partial charge in [-0.25, -0.2) is 0 Å². The molecule has 2 aromatic rings. The van der Waals surface area contributed by atoms with E-state index in [4.69, 9.17) is 14.2 Å². The fraction of sp³-hybridized carbons (Fsp3) is 0.481. The fourth-order valence-corrected chi connectivity index (χ4v) is 5.37. The third kappa shape index (κ3) is 4.43. The average Bonchev–Trinajstić information content (AvgIpc) is 3.06. The molecule has 4 rings (SSSR count).